The number of carbonyl (C=O) groups is 1. The lowest BCUT2D eigenvalue weighted by Crippen LogP contribution is -2.34. The molecular formula is C12H18F3NO4S. The lowest BCUT2D eigenvalue weighted by atomic mass is 9.96. The van der Waals surface area contributed by atoms with Crippen molar-refractivity contribution in [1.29, 1.82) is 0 Å². The van der Waals surface area contributed by atoms with Gasteiger partial charge in [-0.25, -0.2) is 0 Å². The van der Waals surface area contributed by atoms with Crippen LogP contribution in [0.5, 0.6) is 0 Å². The Morgan fingerprint density at radius 1 is 1.19 bits per heavy atom. The summed E-state index contributed by atoms with van der Waals surface area (Å²) < 4.78 is 63.5. The van der Waals surface area contributed by atoms with Crippen molar-refractivity contribution in [2.45, 2.75) is 45.0 Å². The topological polar surface area (TPSA) is 63.7 Å². The average molecular weight is 329 g/mol. The number of likely N-dealkylation sites (N-methyl/N-ethyl adjacent to an activating group) is 1. The molecule has 0 fully saturated rings. The van der Waals surface area contributed by atoms with Crippen LogP contribution in [0.15, 0.2) is 11.3 Å². The van der Waals surface area contributed by atoms with Crippen LogP contribution in [-0.2, 0) is 19.1 Å². The molecule has 0 aromatic carbocycles. The summed E-state index contributed by atoms with van der Waals surface area (Å²) in [7, 11) is -5.73. The van der Waals surface area contributed by atoms with E-state index in [1.54, 1.807) is 13.8 Å². The van der Waals surface area contributed by atoms with Gasteiger partial charge in [0.2, 0.25) is 0 Å². The van der Waals surface area contributed by atoms with E-state index in [0.29, 0.717) is 25.9 Å². The molecule has 0 saturated heterocycles. The fraction of sp³-hybridized carbons (Fsp3) is 0.750. The molecule has 0 unspecified atom stereocenters. The first kappa shape index (κ1) is 17.8. The van der Waals surface area contributed by atoms with Gasteiger partial charge in [0.1, 0.15) is 5.76 Å². The van der Waals surface area contributed by atoms with Gasteiger partial charge in [-0.2, -0.15) is 21.6 Å². The summed E-state index contributed by atoms with van der Waals surface area (Å²) >= 11 is 0. The Labute approximate surface area is 121 Å². The highest BCUT2D eigenvalue weighted by atomic mass is 32.2. The molecule has 9 heteroatoms. The minimum Gasteiger partial charge on any atom is -0.380 e. The number of halogens is 3. The summed E-state index contributed by atoms with van der Waals surface area (Å²) in [5.74, 6) is -0.845. The van der Waals surface area contributed by atoms with Gasteiger partial charge in [-0.1, -0.05) is 0 Å². The molecule has 0 aromatic rings. The van der Waals surface area contributed by atoms with Crippen molar-refractivity contribution in [3.05, 3.63) is 11.3 Å². The van der Waals surface area contributed by atoms with Crippen LogP contribution in [0.3, 0.4) is 0 Å². The van der Waals surface area contributed by atoms with E-state index in [1.165, 1.54) is 4.90 Å². The second kappa shape index (κ2) is 6.67. The lowest BCUT2D eigenvalue weighted by molar-refractivity contribution is -0.127. The Kier molecular flexibility index (Phi) is 5.66. The highest BCUT2D eigenvalue weighted by molar-refractivity contribution is 7.87. The maximum atomic E-state index is 12.4. The van der Waals surface area contributed by atoms with Gasteiger partial charge in [0.25, 0.3) is 5.91 Å². The molecule has 1 rings (SSSR count). The molecule has 0 spiro atoms. The van der Waals surface area contributed by atoms with Crippen molar-refractivity contribution in [1.82, 2.24) is 4.90 Å². The van der Waals surface area contributed by atoms with Crippen molar-refractivity contribution in [2.75, 3.05) is 13.1 Å². The quantitative estimate of drug-likeness (QED) is 0.574. The first-order valence-corrected chi connectivity index (χ1v) is 8.06. The first-order chi connectivity index (χ1) is 9.64. The van der Waals surface area contributed by atoms with Gasteiger partial charge in [-0.15, -0.1) is 0 Å². The molecule has 1 aliphatic carbocycles. The van der Waals surface area contributed by atoms with Crippen molar-refractivity contribution in [3.63, 3.8) is 0 Å². The largest absolute Gasteiger partial charge is 0.534 e. The number of alkyl halides is 3. The van der Waals surface area contributed by atoms with Crippen LogP contribution in [0, 0.1) is 0 Å². The van der Waals surface area contributed by atoms with Gasteiger partial charge in [-0.3, -0.25) is 4.79 Å². The predicted octanol–water partition coefficient (Wildman–Crippen LogP) is 2.55. The molecule has 1 amide bonds. The molecule has 5 nitrogen and oxygen atoms in total. The van der Waals surface area contributed by atoms with Crippen molar-refractivity contribution in [2.24, 2.45) is 0 Å². The standard InChI is InChI=1S/C12H18F3NO4S/c1-3-16(4-2)11(17)9-7-5-6-8-10(9)20-21(18,19)12(13,14)15/h3-8H2,1-2H3. The lowest BCUT2D eigenvalue weighted by Gasteiger charge is -2.25. The summed E-state index contributed by atoms with van der Waals surface area (Å²) in [5, 5.41) is 0. The first-order valence-electron chi connectivity index (χ1n) is 6.66. The highest BCUT2D eigenvalue weighted by Gasteiger charge is 2.49. The molecule has 21 heavy (non-hydrogen) atoms. The third-order valence-electron chi connectivity index (χ3n) is 3.22. The summed E-state index contributed by atoms with van der Waals surface area (Å²) in [6, 6.07) is 0. The van der Waals surface area contributed by atoms with E-state index in [1.807, 2.05) is 0 Å². The summed E-state index contributed by atoms with van der Waals surface area (Å²) in [5.41, 5.74) is -5.47. The van der Waals surface area contributed by atoms with Gasteiger partial charge in [0.15, 0.2) is 0 Å². The van der Waals surface area contributed by atoms with Crippen molar-refractivity contribution < 1.29 is 30.6 Å². The second-order valence-electron chi connectivity index (χ2n) is 4.57. The molecule has 0 aliphatic heterocycles. The Morgan fingerprint density at radius 2 is 1.71 bits per heavy atom. The number of amides is 1. The smallest absolute Gasteiger partial charge is 0.380 e. The molecule has 0 heterocycles. The molecule has 0 bridgehead atoms. The van der Waals surface area contributed by atoms with E-state index < -0.39 is 21.5 Å². The summed E-state index contributed by atoms with van der Waals surface area (Å²) in [6.45, 7) is 4.24. The Morgan fingerprint density at radius 3 is 2.19 bits per heavy atom. The fourth-order valence-electron chi connectivity index (χ4n) is 2.08. The van der Waals surface area contributed by atoms with Crippen molar-refractivity contribution in [3.8, 4) is 0 Å². The van der Waals surface area contributed by atoms with Crippen LogP contribution in [0.1, 0.15) is 39.5 Å². The van der Waals surface area contributed by atoms with E-state index in [4.69, 9.17) is 0 Å². The van der Waals surface area contributed by atoms with Crippen LogP contribution in [0.2, 0.25) is 0 Å². The molecule has 0 atom stereocenters. The molecular weight excluding hydrogens is 311 g/mol. The number of rotatable bonds is 5. The van der Waals surface area contributed by atoms with Gasteiger partial charge >= 0.3 is 15.6 Å². The number of hydrogen-bond donors (Lipinski definition) is 0. The SMILES string of the molecule is CCN(CC)C(=O)C1=C(OS(=O)(=O)C(F)(F)F)CCCC1. The minimum atomic E-state index is -5.73. The Bertz CT molecular complexity index is 521. The minimum absolute atomic E-state index is 0.0116. The normalized spacial score (nSPS) is 16.8. The third kappa shape index (κ3) is 4.12. The molecule has 122 valence electrons. The predicted molar refractivity (Wildman–Crippen MR) is 69.5 cm³/mol. The number of allylic oxidation sites excluding steroid dienone is 1. The van der Waals surface area contributed by atoms with Crippen LogP contribution in [0.25, 0.3) is 0 Å². The number of nitrogens with zero attached hydrogens (tertiary/aromatic N) is 1. The maximum Gasteiger partial charge on any atom is 0.534 e. The zero-order valence-corrected chi connectivity index (χ0v) is 12.7. The van der Waals surface area contributed by atoms with Crippen LogP contribution in [0.4, 0.5) is 13.2 Å². The van der Waals surface area contributed by atoms with Gasteiger partial charge in [-0.05, 0) is 33.1 Å². The highest BCUT2D eigenvalue weighted by Crippen LogP contribution is 2.33. The van der Waals surface area contributed by atoms with E-state index in [2.05, 4.69) is 4.18 Å². The van der Waals surface area contributed by atoms with E-state index >= 15 is 0 Å². The average Bonchev–Trinajstić information content (AvgIpc) is 2.38. The molecule has 0 aromatic heterocycles. The maximum absolute atomic E-state index is 12.4. The van der Waals surface area contributed by atoms with E-state index in [-0.39, 0.29) is 24.2 Å². The molecule has 0 radical (unpaired) electrons. The second-order valence-corrected chi connectivity index (χ2v) is 6.11. The van der Waals surface area contributed by atoms with Crippen LogP contribution >= 0.6 is 0 Å². The summed E-state index contributed by atoms with van der Waals surface area (Å²) in [4.78, 5) is 13.6. The zero-order chi connectivity index (χ0) is 16.3. The van der Waals surface area contributed by atoms with Gasteiger partial charge in [0, 0.05) is 19.5 Å². The summed E-state index contributed by atoms with van der Waals surface area (Å²) in [6.07, 6.45) is 1.33. The molecule has 0 N–H and O–H groups in total. The van der Waals surface area contributed by atoms with E-state index in [9.17, 15) is 26.4 Å². The Hall–Kier alpha value is -1.25. The molecule has 0 saturated carbocycles. The zero-order valence-electron chi connectivity index (χ0n) is 11.9. The van der Waals surface area contributed by atoms with Gasteiger partial charge < -0.3 is 9.08 Å². The number of carbonyl (C=O) groups excluding carboxylic acids is 1. The molecule has 1 aliphatic rings. The van der Waals surface area contributed by atoms with Gasteiger partial charge in [0.05, 0.1) is 5.57 Å². The van der Waals surface area contributed by atoms with Crippen LogP contribution in [-0.4, -0.2) is 37.8 Å². The Balaban J connectivity index is 3.12. The number of hydrogen-bond acceptors (Lipinski definition) is 4. The third-order valence-corrected chi connectivity index (χ3v) is 4.21. The fourth-order valence-corrected chi connectivity index (χ4v) is 2.62. The van der Waals surface area contributed by atoms with Crippen LogP contribution < -0.4 is 0 Å². The monoisotopic (exact) mass is 329 g/mol. The van der Waals surface area contributed by atoms with Crippen molar-refractivity contribution >= 4 is 16.0 Å². The van der Waals surface area contributed by atoms with E-state index in [0.717, 1.165) is 0 Å².